The Hall–Kier alpha value is -0.220. The number of halogens is 4. The number of thiophene rings is 1. The molecule has 35 heavy (non-hydrogen) atoms. The SMILES string of the molecule is Cc1c(SCCCN2CCN(Cc3ccc(Cl)s3)CC2)ccnc1CSc1ccncc1.Cl.Cl.Cl. The Morgan fingerprint density at radius 3 is 2.31 bits per heavy atom. The normalized spacial score (nSPS) is 14.0. The molecule has 0 bridgehead atoms. The van der Waals surface area contributed by atoms with Crippen LogP contribution in [0.15, 0.2) is 58.7 Å². The molecular weight excluding hydrogens is 582 g/mol. The molecular formula is C24H32Cl4N4S3. The van der Waals surface area contributed by atoms with Gasteiger partial charge in [-0.3, -0.25) is 14.9 Å². The van der Waals surface area contributed by atoms with Gasteiger partial charge in [-0.2, -0.15) is 0 Å². The molecule has 3 aromatic heterocycles. The highest BCUT2D eigenvalue weighted by Gasteiger charge is 2.17. The Labute approximate surface area is 245 Å². The van der Waals surface area contributed by atoms with Gasteiger partial charge < -0.3 is 4.90 Å². The highest BCUT2D eigenvalue weighted by Crippen LogP contribution is 2.28. The predicted octanol–water partition coefficient (Wildman–Crippen LogP) is 7.36. The average molecular weight is 615 g/mol. The minimum Gasteiger partial charge on any atom is -0.301 e. The molecule has 0 spiro atoms. The summed E-state index contributed by atoms with van der Waals surface area (Å²) in [7, 11) is 0. The van der Waals surface area contributed by atoms with Gasteiger partial charge in [0, 0.05) is 71.7 Å². The molecule has 1 aliphatic heterocycles. The van der Waals surface area contributed by atoms with Crippen LogP contribution in [-0.4, -0.2) is 58.2 Å². The van der Waals surface area contributed by atoms with E-state index in [9.17, 15) is 0 Å². The van der Waals surface area contributed by atoms with Crippen LogP contribution in [0.4, 0.5) is 0 Å². The van der Waals surface area contributed by atoms with Crippen molar-refractivity contribution in [1.29, 1.82) is 0 Å². The van der Waals surface area contributed by atoms with Crippen LogP contribution < -0.4 is 0 Å². The van der Waals surface area contributed by atoms with Crippen LogP contribution in [0.3, 0.4) is 0 Å². The van der Waals surface area contributed by atoms with Crippen molar-refractivity contribution < 1.29 is 0 Å². The molecule has 4 rings (SSSR count). The number of aromatic nitrogens is 2. The van der Waals surface area contributed by atoms with E-state index in [0.29, 0.717) is 0 Å². The van der Waals surface area contributed by atoms with Gasteiger partial charge in [0.1, 0.15) is 0 Å². The second-order valence-corrected chi connectivity index (χ2v) is 11.9. The van der Waals surface area contributed by atoms with E-state index in [4.69, 9.17) is 11.6 Å². The zero-order chi connectivity index (χ0) is 22.2. The Kier molecular flexibility index (Phi) is 16.2. The molecule has 0 amide bonds. The predicted molar refractivity (Wildman–Crippen MR) is 161 cm³/mol. The molecule has 11 heteroatoms. The average Bonchev–Trinajstić information content (AvgIpc) is 3.23. The first-order valence-electron chi connectivity index (χ1n) is 11.0. The maximum absolute atomic E-state index is 6.06. The van der Waals surface area contributed by atoms with E-state index in [1.165, 1.54) is 38.9 Å². The fourth-order valence-corrected chi connectivity index (χ4v) is 6.77. The summed E-state index contributed by atoms with van der Waals surface area (Å²) in [5.41, 5.74) is 2.50. The van der Waals surface area contributed by atoms with Crippen LogP contribution in [0.25, 0.3) is 0 Å². The second-order valence-electron chi connectivity index (χ2n) is 7.88. The van der Waals surface area contributed by atoms with Crippen LogP contribution in [-0.2, 0) is 12.3 Å². The first-order valence-corrected chi connectivity index (χ1v) is 14.1. The van der Waals surface area contributed by atoms with Crippen LogP contribution in [0.1, 0.15) is 22.6 Å². The van der Waals surface area contributed by atoms with Crippen LogP contribution in [0.2, 0.25) is 4.34 Å². The standard InChI is InChI=1S/C24H29ClN4S3.3ClH/c1-19-22(18-31-20-5-8-26-9-6-20)27-10-7-23(19)30-16-2-11-28-12-14-29(15-13-28)17-21-3-4-24(25)32-21;;;/h3-10H,2,11-18H2,1H3;3*1H. The molecule has 0 aromatic carbocycles. The minimum absolute atomic E-state index is 0. The Morgan fingerprint density at radius 2 is 1.63 bits per heavy atom. The van der Waals surface area contributed by atoms with Crippen molar-refractivity contribution in [2.24, 2.45) is 0 Å². The summed E-state index contributed by atoms with van der Waals surface area (Å²) in [6.07, 6.45) is 6.86. The second kappa shape index (κ2) is 17.3. The van der Waals surface area contributed by atoms with E-state index in [1.807, 2.05) is 48.2 Å². The minimum atomic E-state index is 0. The highest BCUT2D eigenvalue weighted by atomic mass is 35.5. The van der Waals surface area contributed by atoms with E-state index in [-0.39, 0.29) is 37.2 Å². The third-order valence-corrected chi connectivity index (χ3v) is 9.12. The summed E-state index contributed by atoms with van der Waals surface area (Å²) in [5, 5.41) is 0. The molecule has 0 atom stereocenters. The lowest BCUT2D eigenvalue weighted by atomic mass is 10.2. The maximum Gasteiger partial charge on any atom is 0.0931 e. The zero-order valence-corrected chi connectivity index (χ0v) is 25.3. The van der Waals surface area contributed by atoms with Gasteiger partial charge in [0.25, 0.3) is 0 Å². The number of rotatable bonds is 10. The lowest BCUT2D eigenvalue weighted by Gasteiger charge is -2.34. The zero-order valence-electron chi connectivity index (χ0n) is 19.6. The van der Waals surface area contributed by atoms with E-state index in [1.54, 1.807) is 11.3 Å². The molecule has 4 heterocycles. The van der Waals surface area contributed by atoms with Crippen molar-refractivity contribution in [3.8, 4) is 0 Å². The lowest BCUT2D eigenvalue weighted by molar-refractivity contribution is 0.128. The fourth-order valence-electron chi connectivity index (χ4n) is 3.75. The summed E-state index contributed by atoms with van der Waals surface area (Å²) in [6.45, 7) is 9.03. The molecule has 0 aliphatic carbocycles. The summed E-state index contributed by atoms with van der Waals surface area (Å²) >= 11 is 11.5. The van der Waals surface area contributed by atoms with Gasteiger partial charge in [-0.25, -0.2) is 0 Å². The number of hydrogen-bond donors (Lipinski definition) is 0. The number of pyridine rings is 2. The Balaban J connectivity index is 0.00000204. The summed E-state index contributed by atoms with van der Waals surface area (Å²) in [5.74, 6) is 2.04. The number of hydrogen-bond acceptors (Lipinski definition) is 7. The van der Waals surface area contributed by atoms with Gasteiger partial charge in [0.2, 0.25) is 0 Å². The molecule has 4 nitrogen and oxygen atoms in total. The summed E-state index contributed by atoms with van der Waals surface area (Å²) < 4.78 is 0.889. The monoisotopic (exact) mass is 612 g/mol. The van der Waals surface area contributed by atoms with Gasteiger partial charge in [-0.1, -0.05) is 11.6 Å². The van der Waals surface area contributed by atoms with Crippen molar-refractivity contribution in [3.05, 3.63) is 69.4 Å². The third-order valence-electron chi connectivity index (χ3n) is 5.63. The molecule has 3 aromatic rings. The molecule has 0 unspecified atom stereocenters. The molecule has 1 saturated heterocycles. The molecule has 1 aliphatic rings. The van der Waals surface area contributed by atoms with Gasteiger partial charge in [-0.15, -0.1) is 72.1 Å². The van der Waals surface area contributed by atoms with Crippen LogP contribution >= 0.6 is 83.7 Å². The first kappa shape index (κ1) is 32.8. The van der Waals surface area contributed by atoms with Crippen molar-refractivity contribution in [3.63, 3.8) is 0 Å². The van der Waals surface area contributed by atoms with E-state index in [2.05, 4.69) is 51.0 Å². The van der Waals surface area contributed by atoms with Crippen molar-refractivity contribution in [2.45, 2.75) is 35.4 Å². The molecule has 0 radical (unpaired) electrons. The topological polar surface area (TPSA) is 32.3 Å². The van der Waals surface area contributed by atoms with Crippen LogP contribution in [0.5, 0.6) is 0 Å². The first-order chi connectivity index (χ1) is 15.7. The molecule has 0 N–H and O–H groups in total. The van der Waals surface area contributed by atoms with Gasteiger partial charge >= 0.3 is 0 Å². The highest BCUT2D eigenvalue weighted by molar-refractivity contribution is 7.99. The van der Waals surface area contributed by atoms with E-state index >= 15 is 0 Å². The molecule has 0 saturated carbocycles. The van der Waals surface area contributed by atoms with Crippen LogP contribution in [0, 0.1) is 6.92 Å². The maximum atomic E-state index is 6.06. The quantitative estimate of drug-likeness (QED) is 0.175. The Bertz CT molecular complexity index is 986. The number of nitrogens with zero attached hydrogens (tertiary/aromatic N) is 4. The summed E-state index contributed by atoms with van der Waals surface area (Å²) in [6, 6.07) is 10.4. The smallest absolute Gasteiger partial charge is 0.0931 e. The van der Waals surface area contributed by atoms with Gasteiger partial charge in [0.05, 0.1) is 10.0 Å². The number of thioether (sulfide) groups is 2. The van der Waals surface area contributed by atoms with Gasteiger partial charge in [0.15, 0.2) is 0 Å². The van der Waals surface area contributed by atoms with Crippen molar-refractivity contribution >= 4 is 83.7 Å². The fraction of sp³-hybridized carbons (Fsp3) is 0.417. The Morgan fingerprint density at radius 1 is 0.914 bits per heavy atom. The molecule has 1 fully saturated rings. The molecule has 194 valence electrons. The van der Waals surface area contributed by atoms with E-state index < -0.39 is 0 Å². The number of piperazine rings is 1. The van der Waals surface area contributed by atoms with E-state index in [0.717, 1.165) is 48.6 Å². The summed E-state index contributed by atoms with van der Waals surface area (Å²) in [4.78, 5) is 17.8. The van der Waals surface area contributed by atoms with Crippen molar-refractivity contribution in [1.82, 2.24) is 19.8 Å². The van der Waals surface area contributed by atoms with Crippen molar-refractivity contribution in [2.75, 3.05) is 38.5 Å². The largest absolute Gasteiger partial charge is 0.301 e. The lowest BCUT2D eigenvalue weighted by Crippen LogP contribution is -2.46. The third kappa shape index (κ3) is 10.6. The van der Waals surface area contributed by atoms with Gasteiger partial charge in [-0.05, 0) is 61.5 Å².